The number of rotatable bonds is 7. The molecule has 2 rings (SSSR count). The Labute approximate surface area is 99.9 Å². The summed E-state index contributed by atoms with van der Waals surface area (Å²) in [4.78, 5) is 5.86. The van der Waals surface area contributed by atoms with Gasteiger partial charge in [0.2, 0.25) is 0 Å². The van der Waals surface area contributed by atoms with E-state index in [0.29, 0.717) is 0 Å². The molecule has 1 saturated carbocycles. The largest absolute Gasteiger partial charge is 0.312 e. The summed E-state index contributed by atoms with van der Waals surface area (Å²) >= 11 is 3.80. The van der Waals surface area contributed by atoms with E-state index in [2.05, 4.69) is 16.6 Å². The van der Waals surface area contributed by atoms with Crippen LogP contribution < -0.4 is 5.32 Å². The van der Waals surface area contributed by atoms with Crippen LogP contribution in [-0.4, -0.2) is 23.5 Å². The maximum Gasteiger partial charge on any atom is 0.0959 e. The Kier molecular flexibility index (Phi) is 4.47. The molecular formula is C11H18N2S2. The topological polar surface area (TPSA) is 24.9 Å². The number of nitrogens with zero attached hydrogens (tertiary/aromatic N) is 1. The minimum atomic E-state index is 0.806. The Morgan fingerprint density at radius 1 is 1.60 bits per heavy atom. The van der Waals surface area contributed by atoms with Gasteiger partial charge in [-0.3, -0.25) is 0 Å². The predicted octanol–water partition coefficient (Wildman–Crippen LogP) is 2.86. The van der Waals surface area contributed by atoms with Crippen LogP contribution in [0.2, 0.25) is 0 Å². The summed E-state index contributed by atoms with van der Waals surface area (Å²) in [5.41, 5.74) is 0. The summed E-state index contributed by atoms with van der Waals surface area (Å²) in [6, 6.07) is 0. The van der Waals surface area contributed by atoms with Gasteiger partial charge in [0.1, 0.15) is 0 Å². The van der Waals surface area contributed by atoms with Gasteiger partial charge < -0.3 is 5.32 Å². The van der Waals surface area contributed by atoms with E-state index in [1.165, 1.54) is 34.9 Å². The second-order valence-electron chi connectivity index (χ2n) is 3.96. The van der Waals surface area contributed by atoms with Gasteiger partial charge in [-0.2, -0.15) is 11.8 Å². The summed E-state index contributed by atoms with van der Waals surface area (Å²) in [6.45, 7) is 2.12. The lowest BCUT2D eigenvalue weighted by Crippen LogP contribution is -2.14. The number of hydrogen-bond acceptors (Lipinski definition) is 4. The summed E-state index contributed by atoms with van der Waals surface area (Å²) in [6.07, 6.45) is 8.17. The third kappa shape index (κ3) is 3.78. The molecule has 0 bridgehead atoms. The van der Waals surface area contributed by atoms with Crippen molar-refractivity contribution in [3.63, 3.8) is 0 Å². The number of aromatic nitrogens is 1. The van der Waals surface area contributed by atoms with E-state index in [9.17, 15) is 0 Å². The summed E-state index contributed by atoms with van der Waals surface area (Å²) in [5.74, 6) is 2.06. The molecule has 1 N–H and O–H groups in total. The van der Waals surface area contributed by atoms with Crippen LogP contribution in [0.1, 0.15) is 35.1 Å². The molecule has 84 valence electrons. The lowest BCUT2D eigenvalue weighted by Gasteiger charge is -2.00. The Balaban J connectivity index is 1.64. The minimum absolute atomic E-state index is 0.806. The molecule has 1 fully saturated rings. The first-order chi connectivity index (χ1) is 7.40. The van der Waals surface area contributed by atoms with Crippen molar-refractivity contribution in [2.45, 2.75) is 31.7 Å². The number of thioether (sulfide) groups is 1. The zero-order valence-corrected chi connectivity index (χ0v) is 10.8. The van der Waals surface area contributed by atoms with E-state index >= 15 is 0 Å². The van der Waals surface area contributed by atoms with Crippen molar-refractivity contribution in [1.29, 1.82) is 0 Å². The molecular weight excluding hydrogens is 224 g/mol. The monoisotopic (exact) mass is 242 g/mol. The third-order valence-corrected chi connectivity index (χ3v) is 4.36. The second-order valence-corrected chi connectivity index (χ2v) is 6.09. The highest BCUT2D eigenvalue weighted by atomic mass is 32.2. The quantitative estimate of drug-likeness (QED) is 0.744. The van der Waals surface area contributed by atoms with Crippen molar-refractivity contribution in [2.24, 2.45) is 0 Å². The standard InChI is InChI=1S/C11H18N2S2/c1-14-6-2-5-12-7-10-8-13-11(15-10)9-3-4-9/h8-9,12H,2-7H2,1H3. The lowest BCUT2D eigenvalue weighted by molar-refractivity contribution is 0.684. The fourth-order valence-electron chi connectivity index (χ4n) is 1.48. The van der Waals surface area contributed by atoms with Gasteiger partial charge in [-0.1, -0.05) is 0 Å². The molecule has 2 nitrogen and oxygen atoms in total. The number of nitrogens with one attached hydrogen (secondary N) is 1. The van der Waals surface area contributed by atoms with Crippen LogP contribution >= 0.6 is 23.1 Å². The summed E-state index contributed by atoms with van der Waals surface area (Å²) in [7, 11) is 0. The zero-order chi connectivity index (χ0) is 10.5. The molecule has 0 spiro atoms. The zero-order valence-electron chi connectivity index (χ0n) is 9.16. The van der Waals surface area contributed by atoms with Gasteiger partial charge in [-0.25, -0.2) is 4.98 Å². The summed E-state index contributed by atoms with van der Waals surface area (Å²) in [5, 5.41) is 4.82. The second kappa shape index (κ2) is 5.87. The molecule has 4 heteroatoms. The van der Waals surface area contributed by atoms with Crippen LogP contribution in [0.4, 0.5) is 0 Å². The van der Waals surface area contributed by atoms with Crippen molar-refractivity contribution in [2.75, 3.05) is 18.6 Å². The Morgan fingerprint density at radius 3 is 3.20 bits per heavy atom. The molecule has 1 aromatic heterocycles. The van der Waals surface area contributed by atoms with Gasteiger partial charge in [-0.15, -0.1) is 11.3 Å². The highest BCUT2D eigenvalue weighted by Crippen LogP contribution is 2.41. The van der Waals surface area contributed by atoms with Crippen molar-refractivity contribution in [3.05, 3.63) is 16.1 Å². The van der Waals surface area contributed by atoms with E-state index in [1.54, 1.807) is 0 Å². The number of hydrogen-bond donors (Lipinski definition) is 1. The minimum Gasteiger partial charge on any atom is -0.312 e. The molecule has 1 aliphatic carbocycles. The Morgan fingerprint density at radius 2 is 2.47 bits per heavy atom. The van der Waals surface area contributed by atoms with E-state index in [1.807, 2.05) is 29.3 Å². The van der Waals surface area contributed by atoms with Crippen LogP contribution in [-0.2, 0) is 6.54 Å². The fourth-order valence-corrected chi connectivity index (χ4v) is 2.97. The van der Waals surface area contributed by atoms with Crippen LogP contribution in [0.3, 0.4) is 0 Å². The SMILES string of the molecule is CSCCCNCc1cnc(C2CC2)s1. The number of thiazole rings is 1. The molecule has 15 heavy (non-hydrogen) atoms. The predicted molar refractivity (Wildman–Crippen MR) is 68.8 cm³/mol. The highest BCUT2D eigenvalue weighted by molar-refractivity contribution is 7.98. The Hall–Kier alpha value is -0.0600. The molecule has 0 amide bonds. The van der Waals surface area contributed by atoms with Crippen molar-refractivity contribution >= 4 is 23.1 Å². The molecule has 1 aromatic rings. The fraction of sp³-hybridized carbons (Fsp3) is 0.727. The van der Waals surface area contributed by atoms with E-state index in [-0.39, 0.29) is 0 Å². The first-order valence-electron chi connectivity index (χ1n) is 5.54. The smallest absolute Gasteiger partial charge is 0.0959 e. The molecule has 0 aliphatic heterocycles. The van der Waals surface area contributed by atoms with Crippen molar-refractivity contribution < 1.29 is 0 Å². The average molecular weight is 242 g/mol. The van der Waals surface area contributed by atoms with Crippen molar-refractivity contribution in [3.8, 4) is 0 Å². The van der Waals surface area contributed by atoms with Gasteiger partial charge in [-0.05, 0) is 37.8 Å². The molecule has 0 atom stereocenters. The van der Waals surface area contributed by atoms with Gasteiger partial charge in [0.25, 0.3) is 0 Å². The highest BCUT2D eigenvalue weighted by Gasteiger charge is 2.26. The molecule has 0 unspecified atom stereocenters. The first-order valence-corrected chi connectivity index (χ1v) is 7.75. The van der Waals surface area contributed by atoms with E-state index in [4.69, 9.17) is 0 Å². The van der Waals surface area contributed by atoms with Gasteiger partial charge in [0, 0.05) is 23.5 Å². The molecule has 1 aliphatic rings. The van der Waals surface area contributed by atoms with E-state index < -0.39 is 0 Å². The summed E-state index contributed by atoms with van der Waals surface area (Å²) < 4.78 is 0. The van der Waals surface area contributed by atoms with Crippen LogP contribution in [0.25, 0.3) is 0 Å². The van der Waals surface area contributed by atoms with Crippen LogP contribution in [0.15, 0.2) is 6.20 Å². The van der Waals surface area contributed by atoms with Crippen LogP contribution in [0.5, 0.6) is 0 Å². The molecule has 0 aromatic carbocycles. The average Bonchev–Trinajstić information content (AvgIpc) is 2.99. The van der Waals surface area contributed by atoms with Gasteiger partial charge >= 0.3 is 0 Å². The Bertz CT molecular complexity index is 295. The lowest BCUT2D eigenvalue weighted by atomic mass is 10.4. The third-order valence-electron chi connectivity index (χ3n) is 2.50. The molecule has 1 heterocycles. The van der Waals surface area contributed by atoms with Crippen molar-refractivity contribution in [1.82, 2.24) is 10.3 Å². The maximum atomic E-state index is 4.47. The van der Waals surface area contributed by atoms with Gasteiger partial charge in [0.15, 0.2) is 0 Å². The first kappa shape index (κ1) is 11.4. The van der Waals surface area contributed by atoms with Crippen LogP contribution in [0, 0.1) is 0 Å². The normalized spacial score (nSPS) is 15.8. The maximum absolute atomic E-state index is 4.47. The molecule has 0 radical (unpaired) electrons. The van der Waals surface area contributed by atoms with E-state index in [0.717, 1.165) is 19.0 Å². The van der Waals surface area contributed by atoms with Gasteiger partial charge in [0.05, 0.1) is 5.01 Å². The molecule has 0 saturated heterocycles.